The first-order valence-corrected chi connectivity index (χ1v) is 9.71. The number of fused-ring (bicyclic) bond motifs is 2. The summed E-state index contributed by atoms with van der Waals surface area (Å²) in [6.45, 7) is 10.4. The topological polar surface area (TPSA) is 54.4 Å². The van der Waals surface area contributed by atoms with Crippen LogP contribution in [0.1, 0.15) is 53.9 Å². The van der Waals surface area contributed by atoms with Gasteiger partial charge in [0.1, 0.15) is 0 Å². The summed E-state index contributed by atoms with van der Waals surface area (Å²) in [5.74, 6) is -0.182. The first kappa shape index (κ1) is 18.1. The van der Waals surface area contributed by atoms with Crippen molar-refractivity contribution in [3.63, 3.8) is 0 Å². The first-order valence-electron chi connectivity index (χ1n) is 8.92. The fraction of sp³-hybridized carbons (Fsp3) is 0.700. The lowest BCUT2D eigenvalue weighted by Gasteiger charge is -2.50. The maximum absolute atomic E-state index is 13.3. The Balaban J connectivity index is 2.23. The molecule has 0 unspecified atom stereocenters. The second kappa shape index (κ2) is 5.63. The maximum atomic E-state index is 13.3. The van der Waals surface area contributed by atoms with Crippen LogP contribution < -0.4 is 0 Å². The molecule has 3 aliphatic carbocycles. The molecular weight excluding hydrogens is 368 g/mol. The molecule has 1 fully saturated rings. The van der Waals surface area contributed by atoms with Gasteiger partial charge in [-0.2, -0.15) is 0 Å². The minimum Gasteiger partial charge on any atom is -0.396 e. The van der Waals surface area contributed by atoms with E-state index in [-0.39, 0.29) is 46.8 Å². The molecule has 132 valence electrons. The number of rotatable bonds is 2. The summed E-state index contributed by atoms with van der Waals surface area (Å²) >= 11 is 3.42. The van der Waals surface area contributed by atoms with Crippen LogP contribution in [0.15, 0.2) is 21.2 Å². The summed E-state index contributed by atoms with van der Waals surface area (Å²) in [5, 5.41) is 10.2. The highest BCUT2D eigenvalue weighted by Gasteiger charge is 2.61. The third-order valence-corrected chi connectivity index (χ3v) is 7.37. The average Bonchev–Trinajstić information content (AvgIpc) is 2.74. The Bertz CT molecular complexity index is 683. The standard InChI is InChI=1S/C20H27BrO3/c1-10(2)12-15(21)17(24)14-13(16(12)23)11(9-22)18-19(3,4)7-6-8-20(14,18)5/h10-11,18,22H,6-9H2,1-5H3/t11-,18-,20+/m0/s1. The van der Waals surface area contributed by atoms with Crippen LogP contribution in [0.4, 0.5) is 0 Å². The molecule has 0 amide bonds. The van der Waals surface area contributed by atoms with Gasteiger partial charge < -0.3 is 5.11 Å². The molecule has 3 aliphatic rings. The predicted molar refractivity (Wildman–Crippen MR) is 97.6 cm³/mol. The van der Waals surface area contributed by atoms with Gasteiger partial charge >= 0.3 is 0 Å². The highest BCUT2D eigenvalue weighted by Crippen LogP contribution is 2.65. The number of allylic oxidation sites excluding steroid dienone is 3. The van der Waals surface area contributed by atoms with Crippen LogP contribution >= 0.6 is 15.9 Å². The summed E-state index contributed by atoms with van der Waals surface area (Å²) in [5.41, 5.74) is 1.54. The van der Waals surface area contributed by atoms with E-state index in [4.69, 9.17) is 0 Å². The lowest BCUT2D eigenvalue weighted by molar-refractivity contribution is -0.117. The highest BCUT2D eigenvalue weighted by molar-refractivity contribution is 9.12. The lowest BCUT2D eigenvalue weighted by Crippen LogP contribution is -2.45. The van der Waals surface area contributed by atoms with Crippen molar-refractivity contribution >= 4 is 27.5 Å². The van der Waals surface area contributed by atoms with E-state index in [1.807, 2.05) is 13.8 Å². The van der Waals surface area contributed by atoms with Crippen LogP contribution in [0.3, 0.4) is 0 Å². The van der Waals surface area contributed by atoms with Gasteiger partial charge in [0.2, 0.25) is 0 Å². The van der Waals surface area contributed by atoms with Gasteiger partial charge in [0.05, 0.1) is 11.1 Å². The summed E-state index contributed by atoms with van der Waals surface area (Å²) in [6, 6.07) is 0. The molecule has 24 heavy (non-hydrogen) atoms. The molecular formula is C20H27BrO3. The summed E-state index contributed by atoms with van der Waals surface area (Å²) in [7, 11) is 0. The van der Waals surface area contributed by atoms with E-state index in [9.17, 15) is 14.7 Å². The van der Waals surface area contributed by atoms with Gasteiger partial charge in [-0.05, 0) is 46.0 Å². The van der Waals surface area contributed by atoms with Crippen LogP contribution in [-0.4, -0.2) is 23.3 Å². The van der Waals surface area contributed by atoms with Crippen molar-refractivity contribution in [1.82, 2.24) is 0 Å². The molecule has 0 aliphatic heterocycles. The highest BCUT2D eigenvalue weighted by atomic mass is 79.9. The quantitative estimate of drug-likeness (QED) is 0.714. The smallest absolute Gasteiger partial charge is 0.197 e. The molecule has 0 saturated heterocycles. The van der Waals surface area contributed by atoms with Crippen molar-refractivity contribution in [3.05, 3.63) is 21.2 Å². The third kappa shape index (κ3) is 2.18. The molecule has 1 N–H and O–H groups in total. The fourth-order valence-corrected chi connectivity index (χ4v) is 6.70. The molecule has 3 atom stereocenters. The molecule has 1 saturated carbocycles. The number of halogens is 1. The summed E-state index contributed by atoms with van der Waals surface area (Å²) in [6.07, 6.45) is 3.03. The Morgan fingerprint density at radius 3 is 2.33 bits per heavy atom. The van der Waals surface area contributed by atoms with E-state index >= 15 is 0 Å². The van der Waals surface area contributed by atoms with E-state index < -0.39 is 0 Å². The van der Waals surface area contributed by atoms with Gasteiger partial charge in [0, 0.05) is 28.1 Å². The Hall–Kier alpha value is -0.740. The lowest BCUT2D eigenvalue weighted by atomic mass is 9.54. The maximum Gasteiger partial charge on any atom is 0.197 e. The van der Waals surface area contributed by atoms with Crippen molar-refractivity contribution in [3.8, 4) is 0 Å². The van der Waals surface area contributed by atoms with Crippen molar-refractivity contribution in [2.75, 3.05) is 6.61 Å². The second-order valence-corrected chi connectivity index (χ2v) is 9.65. The van der Waals surface area contributed by atoms with Crippen LogP contribution in [-0.2, 0) is 9.59 Å². The monoisotopic (exact) mass is 394 g/mol. The zero-order valence-electron chi connectivity index (χ0n) is 15.2. The summed E-state index contributed by atoms with van der Waals surface area (Å²) < 4.78 is 0.434. The Morgan fingerprint density at radius 1 is 1.17 bits per heavy atom. The van der Waals surface area contributed by atoms with Gasteiger partial charge in [0.25, 0.3) is 0 Å². The van der Waals surface area contributed by atoms with Crippen molar-refractivity contribution in [2.24, 2.45) is 28.6 Å². The normalized spacial score (nSPS) is 35.7. The third-order valence-electron chi connectivity index (χ3n) is 6.59. The number of aliphatic hydroxyl groups excluding tert-OH is 1. The number of hydrogen-bond donors (Lipinski definition) is 1. The zero-order chi connectivity index (χ0) is 18.0. The van der Waals surface area contributed by atoms with Crippen LogP contribution in [0.25, 0.3) is 0 Å². The molecule has 3 rings (SSSR count). The number of ketones is 2. The van der Waals surface area contributed by atoms with Crippen LogP contribution in [0, 0.1) is 28.6 Å². The number of carbonyl (C=O) groups excluding carboxylic acids is 2. The van der Waals surface area contributed by atoms with Gasteiger partial charge in [-0.25, -0.2) is 0 Å². The predicted octanol–water partition coefficient (Wildman–Crippen LogP) is 4.19. The molecule has 0 bridgehead atoms. The largest absolute Gasteiger partial charge is 0.396 e. The molecule has 4 heteroatoms. The molecule has 0 heterocycles. The fourth-order valence-electron chi connectivity index (χ4n) is 5.87. The number of aliphatic hydroxyl groups is 1. The molecule has 0 radical (unpaired) electrons. The van der Waals surface area contributed by atoms with Gasteiger partial charge in [-0.15, -0.1) is 0 Å². The first-order chi connectivity index (χ1) is 11.1. The van der Waals surface area contributed by atoms with Crippen molar-refractivity contribution < 1.29 is 14.7 Å². The van der Waals surface area contributed by atoms with Crippen LogP contribution in [0.2, 0.25) is 0 Å². The summed E-state index contributed by atoms with van der Waals surface area (Å²) in [4.78, 5) is 26.5. The Kier molecular flexibility index (Phi) is 4.24. The number of carbonyl (C=O) groups is 2. The van der Waals surface area contributed by atoms with E-state index in [1.165, 1.54) is 0 Å². The van der Waals surface area contributed by atoms with Gasteiger partial charge in [-0.3, -0.25) is 9.59 Å². The molecule has 0 aromatic rings. The average molecular weight is 395 g/mol. The SMILES string of the molecule is CC(C)C1=C(Br)C(=O)C2=C(C1=O)[C@H](CO)[C@H]1C(C)(C)CCC[C@]21C. The Morgan fingerprint density at radius 2 is 1.79 bits per heavy atom. The van der Waals surface area contributed by atoms with Gasteiger partial charge in [-0.1, -0.05) is 41.0 Å². The van der Waals surface area contributed by atoms with E-state index in [2.05, 4.69) is 36.7 Å². The van der Waals surface area contributed by atoms with E-state index in [0.717, 1.165) is 19.3 Å². The Labute approximate surface area is 152 Å². The van der Waals surface area contributed by atoms with Crippen molar-refractivity contribution in [1.29, 1.82) is 0 Å². The van der Waals surface area contributed by atoms with E-state index in [0.29, 0.717) is 21.2 Å². The van der Waals surface area contributed by atoms with E-state index in [1.54, 1.807) is 0 Å². The minimum absolute atomic E-state index is 0.00274. The van der Waals surface area contributed by atoms with Crippen molar-refractivity contribution in [2.45, 2.75) is 53.9 Å². The van der Waals surface area contributed by atoms with Gasteiger partial charge in [0.15, 0.2) is 11.6 Å². The molecule has 0 spiro atoms. The number of hydrogen-bond acceptors (Lipinski definition) is 3. The molecule has 3 nitrogen and oxygen atoms in total. The van der Waals surface area contributed by atoms with Crippen LogP contribution in [0.5, 0.6) is 0 Å². The molecule has 0 aromatic carbocycles. The zero-order valence-corrected chi connectivity index (χ0v) is 16.8. The minimum atomic E-state index is -0.321. The number of Topliss-reactive ketones (excluding diaryl/α,β-unsaturated/α-hetero) is 2. The molecule has 0 aromatic heterocycles. The second-order valence-electron chi connectivity index (χ2n) is 8.86.